The number of carbonyl (C=O) groups is 1. The number of carbonyl (C=O) groups excluding carboxylic acids is 1. The summed E-state index contributed by atoms with van der Waals surface area (Å²) < 4.78 is 13.0. The lowest BCUT2D eigenvalue weighted by atomic mass is 10.2. The lowest BCUT2D eigenvalue weighted by Crippen LogP contribution is -2.39. The highest BCUT2D eigenvalue weighted by Crippen LogP contribution is 2.05. The number of nitrogens with one attached hydrogen (secondary N) is 2. The molecule has 0 heterocycles. The third-order valence-electron chi connectivity index (χ3n) is 3.72. The average molecular weight is 484 g/mol. The third kappa shape index (κ3) is 7.94. The van der Waals surface area contributed by atoms with E-state index in [1.54, 1.807) is 24.3 Å². The van der Waals surface area contributed by atoms with Gasteiger partial charge in [0.05, 0.1) is 6.54 Å². The molecule has 0 spiro atoms. The molecule has 146 valence electrons. The summed E-state index contributed by atoms with van der Waals surface area (Å²) in [6.07, 6.45) is 0. The van der Waals surface area contributed by atoms with E-state index in [0.29, 0.717) is 25.2 Å². The van der Waals surface area contributed by atoms with Crippen molar-refractivity contribution >= 4 is 35.8 Å². The van der Waals surface area contributed by atoms with Crippen molar-refractivity contribution in [2.75, 3.05) is 26.7 Å². The third-order valence-corrected chi connectivity index (χ3v) is 3.72. The maximum atomic E-state index is 13.0. The number of aliphatic imine (C=N–C) groups is 1. The number of hydrogen-bond donors (Lipinski definition) is 2. The van der Waals surface area contributed by atoms with Crippen molar-refractivity contribution in [3.05, 3.63) is 71.5 Å². The van der Waals surface area contributed by atoms with Crippen LogP contribution in [0.3, 0.4) is 0 Å². The van der Waals surface area contributed by atoms with Crippen molar-refractivity contribution in [3.8, 4) is 0 Å². The lowest BCUT2D eigenvalue weighted by molar-refractivity contribution is 0.0955. The van der Waals surface area contributed by atoms with Gasteiger partial charge in [0, 0.05) is 32.2 Å². The van der Waals surface area contributed by atoms with Crippen LogP contribution >= 0.6 is 24.0 Å². The second-order valence-corrected chi connectivity index (χ2v) is 5.84. The molecule has 27 heavy (non-hydrogen) atoms. The highest BCUT2D eigenvalue weighted by molar-refractivity contribution is 14.0. The van der Waals surface area contributed by atoms with Gasteiger partial charge in [0.1, 0.15) is 5.82 Å². The number of rotatable bonds is 7. The van der Waals surface area contributed by atoms with Crippen LogP contribution in [-0.4, -0.2) is 43.4 Å². The van der Waals surface area contributed by atoms with Crippen LogP contribution in [0.2, 0.25) is 0 Å². The first-order valence-corrected chi connectivity index (χ1v) is 8.67. The van der Waals surface area contributed by atoms with Crippen molar-refractivity contribution in [1.82, 2.24) is 15.5 Å². The molecule has 0 unspecified atom stereocenters. The number of amides is 1. The second-order valence-electron chi connectivity index (χ2n) is 5.84. The van der Waals surface area contributed by atoms with E-state index in [2.05, 4.69) is 15.6 Å². The largest absolute Gasteiger partial charge is 0.357 e. The normalized spacial score (nSPS) is 10.7. The SMILES string of the molecule is CCNC(=NCCNC(=O)c1ccccc1)N(C)Cc1ccc(F)cc1.I. The van der Waals surface area contributed by atoms with E-state index in [4.69, 9.17) is 0 Å². The first kappa shape index (κ1) is 22.9. The summed E-state index contributed by atoms with van der Waals surface area (Å²) in [5, 5.41) is 6.08. The van der Waals surface area contributed by atoms with Crippen molar-refractivity contribution in [3.63, 3.8) is 0 Å². The van der Waals surface area contributed by atoms with Gasteiger partial charge < -0.3 is 15.5 Å². The Balaban J connectivity index is 0.00000364. The summed E-state index contributed by atoms with van der Waals surface area (Å²) in [4.78, 5) is 18.5. The molecular weight excluding hydrogens is 458 g/mol. The highest BCUT2D eigenvalue weighted by atomic mass is 127. The molecule has 5 nitrogen and oxygen atoms in total. The van der Waals surface area contributed by atoms with E-state index in [0.717, 1.165) is 18.1 Å². The van der Waals surface area contributed by atoms with Gasteiger partial charge in [0.15, 0.2) is 5.96 Å². The van der Waals surface area contributed by atoms with E-state index in [-0.39, 0.29) is 35.7 Å². The molecule has 0 aromatic heterocycles. The number of hydrogen-bond acceptors (Lipinski definition) is 2. The fourth-order valence-corrected chi connectivity index (χ4v) is 2.43. The Hall–Kier alpha value is -2.16. The summed E-state index contributed by atoms with van der Waals surface area (Å²) >= 11 is 0. The molecule has 2 aromatic carbocycles. The zero-order chi connectivity index (χ0) is 18.8. The van der Waals surface area contributed by atoms with Crippen LogP contribution in [0.25, 0.3) is 0 Å². The number of guanidine groups is 1. The molecule has 0 saturated carbocycles. The summed E-state index contributed by atoms with van der Waals surface area (Å²) in [6, 6.07) is 15.5. The summed E-state index contributed by atoms with van der Waals surface area (Å²) in [5.74, 6) is 0.391. The molecular formula is C20H26FIN4O. The van der Waals surface area contributed by atoms with E-state index in [1.807, 2.05) is 37.1 Å². The molecule has 0 saturated heterocycles. The Morgan fingerprint density at radius 2 is 1.74 bits per heavy atom. The molecule has 0 atom stereocenters. The molecule has 0 aliphatic rings. The molecule has 2 N–H and O–H groups in total. The maximum absolute atomic E-state index is 13.0. The van der Waals surface area contributed by atoms with Gasteiger partial charge in [-0.05, 0) is 36.8 Å². The predicted octanol–water partition coefficient (Wildman–Crippen LogP) is 3.27. The minimum absolute atomic E-state index is 0. The number of halogens is 2. The molecule has 0 aliphatic carbocycles. The van der Waals surface area contributed by atoms with Gasteiger partial charge in [-0.25, -0.2) is 4.39 Å². The standard InChI is InChI=1S/C20H25FN4O.HI/c1-3-22-20(25(2)15-16-9-11-18(21)12-10-16)24-14-13-23-19(26)17-7-5-4-6-8-17;/h4-12H,3,13-15H2,1-2H3,(H,22,24)(H,23,26);1H. The van der Waals surface area contributed by atoms with Crippen LogP contribution in [0, 0.1) is 5.82 Å². The van der Waals surface area contributed by atoms with Crippen molar-refractivity contribution in [1.29, 1.82) is 0 Å². The number of benzene rings is 2. The first-order valence-electron chi connectivity index (χ1n) is 8.67. The van der Waals surface area contributed by atoms with E-state index < -0.39 is 0 Å². The smallest absolute Gasteiger partial charge is 0.251 e. The van der Waals surface area contributed by atoms with Gasteiger partial charge in [-0.1, -0.05) is 30.3 Å². The van der Waals surface area contributed by atoms with E-state index in [9.17, 15) is 9.18 Å². The monoisotopic (exact) mass is 484 g/mol. The van der Waals surface area contributed by atoms with E-state index >= 15 is 0 Å². The fourth-order valence-electron chi connectivity index (χ4n) is 2.43. The maximum Gasteiger partial charge on any atom is 0.251 e. The topological polar surface area (TPSA) is 56.7 Å². The molecule has 1 amide bonds. The fraction of sp³-hybridized carbons (Fsp3) is 0.300. The summed E-state index contributed by atoms with van der Waals surface area (Å²) in [7, 11) is 1.92. The number of nitrogens with zero attached hydrogens (tertiary/aromatic N) is 2. The van der Waals surface area contributed by atoms with Gasteiger partial charge in [-0.3, -0.25) is 9.79 Å². The van der Waals surface area contributed by atoms with Gasteiger partial charge in [-0.2, -0.15) is 0 Å². The highest BCUT2D eigenvalue weighted by Gasteiger charge is 2.07. The zero-order valence-electron chi connectivity index (χ0n) is 15.6. The van der Waals surface area contributed by atoms with Gasteiger partial charge in [-0.15, -0.1) is 24.0 Å². The molecule has 2 aromatic rings. The van der Waals surface area contributed by atoms with Crippen LogP contribution in [-0.2, 0) is 6.54 Å². The van der Waals surface area contributed by atoms with Crippen molar-refractivity contribution in [2.45, 2.75) is 13.5 Å². The van der Waals surface area contributed by atoms with Crippen molar-refractivity contribution in [2.24, 2.45) is 4.99 Å². The van der Waals surface area contributed by atoms with Crippen LogP contribution in [0.15, 0.2) is 59.6 Å². The first-order chi connectivity index (χ1) is 12.6. The Bertz CT molecular complexity index is 723. The van der Waals surface area contributed by atoms with Gasteiger partial charge >= 0.3 is 0 Å². The Morgan fingerprint density at radius 3 is 2.37 bits per heavy atom. The van der Waals surface area contributed by atoms with E-state index in [1.165, 1.54) is 12.1 Å². The minimum atomic E-state index is -0.244. The molecule has 0 fully saturated rings. The lowest BCUT2D eigenvalue weighted by Gasteiger charge is -2.22. The second kappa shape index (κ2) is 12.3. The molecule has 7 heteroatoms. The van der Waals surface area contributed by atoms with Crippen LogP contribution in [0.5, 0.6) is 0 Å². The molecule has 0 aliphatic heterocycles. The van der Waals surface area contributed by atoms with Gasteiger partial charge in [0.2, 0.25) is 0 Å². The zero-order valence-corrected chi connectivity index (χ0v) is 17.9. The molecule has 0 bridgehead atoms. The average Bonchev–Trinajstić information content (AvgIpc) is 2.66. The quantitative estimate of drug-likeness (QED) is 0.275. The molecule has 0 radical (unpaired) electrons. The van der Waals surface area contributed by atoms with Gasteiger partial charge in [0.25, 0.3) is 5.91 Å². The Labute approximate surface area is 177 Å². The Kier molecular flexibility index (Phi) is 10.4. The van der Waals surface area contributed by atoms with Crippen LogP contribution in [0.4, 0.5) is 4.39 Å². The van der Waals surface area contributed by atoms with Crippen LogP contribution < -0.4 is 10.6 Å². The summed E-state index contributed by atoms with van der Waals surface area (Å²) in [5.41, 5.74) is 1.63. The minimum Gasteiger partial charge on any atom is -0.357 e. The summed E-state index contributed by atoms with van der Waals surface area (Å²) in [6.45, 7) is 4.27. The predicted molar refractivity (Wildman–Crippen MR) is 118 cm³/mol. The molecule has 2 rings (SSSR count). The Morgan fingerprint density at radius 1 is 1.07 bits per heavy atom. The van der Waals surface area contributed by atoms with Crippen molar-refractivity contribution < 1.29 is 9.18 Å². The van der Waals surface area contributed by atoms with Crippen LogP contribution in [0.1, 0.15) is 22.8 Å².